The summed E-state index contributed by atoms with van der Waals surface area (Å²) in [7, 11) is 0. The van der Waals surface area contributed by atoms with E-state index in [-0.39, 0.29) is 11.8 Å². The van der Waals surface area contributed by atoms with Gasteiger partial charge < -0.3 is 19.2 Å². The molecular weight excluding hydrogens is 404 g/mol. The van der Waals surface area contributed by atoms with Gasteiger partial charge in [0.1, 0.15) is 11.3 Å². The minimum Gasteiger partial charge on any atom is -0.381 e. The molecule has 2 aliphatic rings. The van der Waals surface area contributed by atoms with Crippen LogP contribution in [-0.2, 0) is 4.74 Å². The lowest BCUT2D eigenvalue weighted by molar-refractivity contribution is 0.0704. The van der Waals surface area contributed by atoms with Crippen molar-refractivity contribution in [2.24, 2.45) is 0 Å². The van der Waals surface area contributed by atoms with Crippen LogP contribution in [0.15, 0.2) is 42.9 Å². The van der Waals surface area contributed by atoms with Gasteiger partial charge in [0.15, 0.2) is 5.65 Å². The molecule has 1 aromatic carbocycles. The Morgan fingerprint density at radius 1 is 1.09 bits per heavy atom. The van der Waals surface area contributed by atoms with E-state index in [1.54, 1.807) is 6.20 Å². The Bertz CT molecular complexity index is 1240. The second-order valence-corrected chi connectivity index (χ2v) is 8.79. The summed E-state index contributed by atoms with van der Waals surface area (Å²) in [5.74, 6) is 1.19. The highest BCUT2D eigenvalue weighted by atomic mass is 16.5. The molecule has 0 saturated carbocycles. The quantitative estimate of drug-likeness (QED) is 0.536. The van der Waals surface area contributed by atoms with Gasteiger partial charge in [-0.25, -0.2) is 15.0 Å². The van der Waals surface area contributed by atoms with Gasteiger partial charge in [-0.15, -0.1) is 0 Å². The van der Waals surface area contributed by atoms with Crippen molar-refractivity contribution in [2.75, 3.05) is 26.3 Å². The van der Waals surface area contributed by atoms with Crippen LogP contribution in [0.4, 0.5) is 0 Å². The molecule has 5 heterocycles. The van der Waals surface area contributed by atoms with Gasteiger partial charge in [-0.3, -0.25) is 4.79 Å². The number of amides is 1. The first-order valence-electron chi connectivity index (χ1n) is 11.4. The average molecular weight is 431 g/mol. The number of hydrogen-bond acceptors (Lipinski definition) is 5. The number of nitrogens with zero attached hydrogens (tertiary/aromatic N) is 5. The first kappa shape index (κ1) is 19.4. The number of pyridine rings is 1. The summed E-state index contributed by atoms with van der Waals surface area (Å²) in [5.41, 5.74) is 4.22. The number of fused-ring (bicyclic) bond motifs is 2. The van der Waals surface area contributed by atoms with Crippen LogP contribution in [0.3, 0.4) is 0 Å². The summed E-state index contributed by atoms with van der Waals surface area (Å²) in [5, 5.41) is 0. The molecule has 1 amide bonds. The molecule has 0 bridgehead atoms. The molecule has 8 nitrogen and oxygen atoms in total. The second-order valence-electron chi connectivity index (χ2n) is 8.79. The van der Waals surface area contributed by atoms with Crippen molar-refractivity contribution in [3.05, 3.63) is 54.2 Å². The summed E-state index contributed by atoms with van der Waals surface area (Å²) in [6.45, 7) is 2.95. The molecule has 8 heteroatoms. The molecule has 2 fully saturated rings. The number of ether oxygens (including phenoxy) is 1. The monoisotopic (exact) mass is 430 g/mol. The van der Waals surface area contributed by atoms with E-state index < -0.39 is 0 Å². The van der Waals surface area contributed by atoms with Crippen molar-refractivity contribution in [3.63, 3.8) is 0 Å². The highest BCUT2D eigenvalue weighted by molar-refractivity contribution is 5.96. The SMILES string of the molecule is O=C(c1cnc2c(c1)ncn2C1CCOCC1)N1CCCC(c2nc3ccccc3[nH]2)C1. The number of carbonyl (C=O) groups excluding carboxylic acids is 1. The van der Waals surface area contributed by atoms with E-state index in [1.807, 2.05) is 41.6 Å². The molecule has 164 valence electrons. The van der Waals surface area contributed by atoms with E-state index in [2.05, 4.69) is 19.5 Å². The van der Waals surface area contributed by atoms with E-state index >= 15 is 0 Å². The number of hydrogen-bond donors (Lipinski definition) is 1. The van der Waals surface area contributed by atoms with E-state index in [0.717, 1.165) is 73.5 Å². The Morgan fingerprint density at radius 2 is 1.97 bits per heavy atom. The number of aromatic nitrogens is 5. The average Bonchev–Trinajstić information content (AvgIpc) is 3.48. The van der Waals surface area contributed by atoms with Crippen molar-refractivity contribution in [3.8, 4) is 0 Å². The maximum Gasteiger partial charge on any atom is 0.255 e. The third kappa shape index (κ3) is 3.44. The highest BCUT2D eigenvalue weighted by Crippen LogP contribution is 2.29. The molecule has 6 rings (SSSR count). The van der Waals surface area contributed by atoms with Crippen LogP contribution < -0.4 is 0 Å². The van der Waals surface area contributed by atoms with Crippen molar-refractivity contribution < 1.29 is 9.53 Å². The van der Waals surface area contributed by atoms with Crippen LogP contribution in [0.25, 0.3) is 22.2 Å². The number of H-pyrrole nitrogens is 1. The molecule has 1 atom stereocenters. The van der Waals surface area contributed by atoms with E-state index in [0.29, 0.717) is 18.2 Å². The molecule has 4 aromatic rings. The van der Waals surface area contributed by atoms with Crippen LogP contribution in [0.5, 0.6) is 0 Å². The molecule has 3 aromatic heterocycles. The van der Waals surface area contributed by atoms with Gasteiger partial charge in [0.2, 0.25) is 0 Å². The third-order valence-electron chi connectivity index (χ3n) is 6.75. The Balaban J connectivity index is 1.22. The zero-order valence-corrected chi connectivity index (χ0v) is 17.9. The van der Waals surface area contributed by atoms with E-state index in [1.165, 1.54) is 0 Å². The van der Waals surface area contributed by atoms with Crippen LogP contribution in [0.2, 0.25) is 0 Å². The zero-order valence-electron chi connectivity index (χ0n) is 17.9. The number of nitrogens with one attached hydrogen (secondary N) is 1. The van der Waals surface area contributed by atoms with Crippen molar-refractivity contribution in [2.45, 2.75) is 37.6 Å². The number of aromatic amines is 1. The molecule has 1 unspecified atom stereocenters. The van der Waals surface area contributed by atoms with Crippen LogP contribution >= 0.6 is 0 Å². The van der Waals surface area contributed by atoms with Gasteiger partial charge in [-0.1, -0.05) is 12.1 Å². The Kier molecular flexibility index (Phi) is 4.87. The maximum absolute atomic E-state index is 13.3. The Morgan fingerprint density at radius 3 is 2.84 bits per heavy atom. The molecule has 2 saturated heterocycles. The number of imidazole rings is 2. The lowest BCUT2D eigenvalue weighted by Gasteiger charge is -2.31. The molecule has 0 aliphatic carbocycles. The predicted octanol–water partition coefficient (Wildman–Crippen LogP) is 3.68. The zero-order chi connectivity index (χ0) is 21.5. The molecule has 32 heavy (non-hydrogen) atoms. The molecule has 0 spiro atoms. The van der Waals surface area contributed by atoms with Crippen LogP contribution in [-0.4, -0.2) is 61.6 Å². The topological polar surface area (TPSA) is 88.9 Å². The fourth-order valence-corrected chi connectivity index (χ4v) is 5.00. The van der Waals surface area contributed by atoms with Gasteiger partial charge in [-0.2, -0.15) is 0 Å². The largest absolute Gasteiger partial charge is 0.381 e. The predicted molar refractivity (Wildman–Crippen MR) is 121 cm³/mol. The fraction of sp³-hybridized carbons (Fsp3) is 0.417. The molecule has 1 N–H and O–H groups in total. The first-order valence-corrected chi connectivity index (χ1v) is 11.4. The van der Waals surface area contributed by atoms with Gasteiger partial charge >= 0.3 is 0 Å². The second kappa shape index (κ2) is 8.02. The number of benzene rings is 1. The highest BCUT2D eigenvalue weighted by Gasteiger charge is 2.28. The van der Waals surface area contributed by atoms with Crippen molar-refractivity contribution in [1.82, 2.24) is 29.4 Å². The normalized spacial score (nSPS) is 20.2. The van der Waals surface area contributed by atoms with Crippen molar-refractivity contribution >= 4 is 28.1 Å². The van der Waals surface area contributed by atoms with Gasteiger partial charge in [0, 0.05) is 44.5 Å². The fourth-order valence-electron chi connectivity index (χ4n) is 5.00. The van der Waals surface area contributed by atoms with E-state index in [4.69, 9.17) is 9.72 Å². The summed E-state index contributed by atoms with van der Waals surface area (Å²) < 4.78 is 7.60. The molecule has 0 radical (unpaired) electrons. The van der Waals surface area contributed by atoms with Crippen LogP contribution in [0, 0.1) is 0 Å². The minimum absolute atomic E-state index is 0.0147. The first-order chi connectivity index (χ1) is 15.8. The van der Waals surface area contributed by atoms with Crippen molar-refractivity contribution in [1.29, 1.82) is 0 Å². The summed E-state index contributed by atoms with van der Waals surface area (Å²) >= 11 is 0. The summed E-state index contributed by atoms with van der Waals surface area (Å²) in [6.07, 6.45) is 7.46. The number of piperidine rings is 1. The van der Waals surface area contributed by atoms with Crippen LogP contribution in [0.1, 0.15) is 53.8 Å². The van der Waals surface area contributed by atoms with Gasteiger partial charge in [-0.05, 0) is 43.9 Å². The lowest BCUT2D eigenvalue weighted by atomic mass is 9.97. The number of para-hydroxylation sites is 2. The van der Waals surface area contributed by atoms with Gasteiger partial charge in [0.25, 0.3) is 5.91 Å². The smallest absolute Gasteiger partial charge is 0.255 e. The van der Waals surface area contributed by atoms with E-state index in [9.17, 15) is 4.79 Å². The number of rotatable bonds is 3. The number of carbonyl (C=O) groups is 1. The summed E-state index contributed by atoms with van der Waals surface area (Å²) in [6, 6.07) is 10.3. The third-order valence-corrected chi connectivity index (χ3v) is 6.75. The lowest BCUT2D eigenvalue weighted by Crippen LogP contribution is -2.39. The molecule has 2 aliphatic heterocycles. The Hall–Kier alpha value is -3.26. The number of likely N-dealkylation sites (tertiary alicyclic amines) is 1. The molecular formula is C24H26N6O2. The standard InChI is InChI=1S/C24H26N6O2/c31-24(17-12-21-23(25-13-17)30(15-26-21)18-7-10-32-11-8-18)29-9-3-4-16(14-29)22-27-19-5-1-2-6-20(19)28-22/h1-2,5-6,12-13,15-16,18H,3-4,7-11,14H2,(H,27,28). The summed E-state index contributed by atoms with van der Waals surface area (Å²) in [4.78, 5) is 32.6. The Labute approximate surface area is 185 Å². The maximum atomic E-state index is 13.3. The van der Waals surface area contributed by atoms with Gasteiger partial charge in [0.05, 0.1) is 22.9 Å². The minimum atomic E-state index is 0.0147.